The maximum Gasteiger partial charge on any atom is 0.254 e. The molecule has 0 spiro atoms. The molecular weight excluding hydrogens is 857 g/mol. The largest absolute Gasteiger partial charge is 0.418 e. The first kappa shape index (κ1) is 48.6. The molecule has 5 aromatic rings. The molecule has 0 saturated carbocycles. The Balaban J connectivity index is 0.000000244. The molecule has 2 heterocycles. The van der Waals surface area contributed by atoms with E-state index in [9.17, 15) is 37.4 Å². The number of ether oxygens (including phenoxy) is 1. The fourth-order valence-electron chi connectivity index (χ4n) is 5.74. The van der Waals surface area contributed by atoms with Crippen LogP contribution >= 0.6 is 23.2 Å². The Hall–Kier alpha value is -6.08. The quantitative estimate of drug-likeness (QED) is 0.0753. The second kappa shape index (κ2) is 22.7. The molecule has 1 aliphatic rings. The molecule has 13 nitrogen and oxygen atoms in total. The minimum Gasteiger partial charge on any atom is -0.418 e. The zero-order chi connectivity index (χ0) is 45.7. The number of hydrogen-bond acceptors (Lipinski definition) is 12. The first-order valence-corrected chi connectivity index (χ1v) is 19.6. The van der Waals surface area contributed by atoms with Gasteiger partial charge in [0.25, 0.3) is 11.8 Å². The molecule has 1 fully saturated rings. The van der Waals surface area contributed by atoms with Gasteiger partial charge in [-0.1, -0.05) is 23.2 Å². The van der Waals surface area contributed by atoms with Crippen molar-refractivity contribution in [1.29, 1.82) is 10.5 Å². The van der Waals surface area contributed by atoms with Crippen molar-refractivity contribution in [2.45, 2.75) is 64.8 Å². The maximum absolute atomic E-state index is 13.9. The molecule has 0 aliphatic carbocycles. The number of rotatable bonds is 12. The Morgan fingerprint density at radius 2 is 1.34 bits per heavy atom. The second-order valence-electron chi connectivity index (χ2n) is 13.8. The van der Waals surface area contributed by atoms with Gasteiger partial charge >= 0.3 is 0 Å². The van der Waals surface area contributed by atoms with Gasteiger partial charge in [0.15, 0.2) is 5.78 Å². The number of halogens is 6. The summed E-state index contributed by atoms with van der Waals surface area (Å²) in [6, 6.07) is 13.7. The summed E-state index contributed by atoms with van der Waals surface area (Å²) in [7, 11) is 0. The highest BCUT2D eigenvalue weighted by molar-refractivity contribution is 6.33. The predicted molar refractivity (Wildman–Crippen MR) is 222 cm³/mol. The third-order valence-corrected chi connectivity index (χ3v) is 10.2. The number of anilines is 2. The topological polar surface area (TPSA) is 206 Å². The van der Waals surface area contributed by atoms with Crippen LogP contribution in [0.1, 0.15) is 71.2 Å². The number of benzene rings is 4. The first-order valence-electron chi connectivity index (χ1n) is 18.9. The maximum atomic E-state index is 13.9. The molecule has 1 amide bonds. The highest BCUT2D eigenvalue weighted by Gasteiger charge is 2.27. The molecule has 1 aliphatic heterocycles. The van der Waals surface area contributed by atoms with Gasteiger partial charge in [0.1, 0.15) is 47.5 Å². The lowest BCUT2D eigenvalue weighted by Gasteiger charge is -2.23. The summed E-state index contributed by atoms with van der Waals surface area (Å²) < 4.78 is 64.1. The molecule has 326 valence electrons. The summed E-state index contributed by atoms with van der Waals surface area (Å²) >= 11 is 12.3. The van der Waals surface area contributed by atoms with Crippen molar-refractivity contribution in [3.05, 3.63) is 128 Å². The van der Waals surface area contributed by atoms with Crippen LogP contribution in [0.3, 0.4) is 0 Å². The Labute approximate surface area is 364 Å². The van der Waals surface area contributed by atoms with Gasteiger partial charge in [-0.2, -0.15) is 10.5 Å². The van der Waals surface area contributed by atoms with Crippen molar-refractivity contribution in [2.24, 2.45) is 0 Å². The van der Waals surface area contributed by atoms with Crippen molar-refractivity contribution in [1.82, 2.24) is 15.5 Å². The van der Waals surface area contributed by atoms with Gasteiger partial charge in [-0.3, -0.25) is 9.59 Å². The van der Waals surface area contributed by atoms with E-state index in [4.69, 9.17) is 42.9 Å². The SMILES string of the molecule is C1CCOC1.Cc1c(N[C@@H](C(=O)CNC(=O)c2ccc(F)cc2F)[C@@H](C)O)ccc(C#N)c1Cl.Cc1c(N[C@@H](c2nnc(-c3ccc(F)cc3F)o2)[C@@H](C)O)ccc(C#N)c1Cl. The van der Waals surface area contributed by atoms with E-state index in [1.54, 1.807) is 32.0 Å². The molecule has 0 bridgehead atoms. The normalized spacial score (nSPS) is 13.7. The smallest absolute Gasteiger partial charge is 0.254 e. The van der Waals surface area contributed by atoms with Gasteiger partial charge in [-0.05, 0) is 100 Å². The number of hydrogen-bond donors (Lipinski definition) is 5. The second-order valence-corrected chi connectivity index (χ2v) is 14.6. The number of aliphatic hydroxyl groups excluding tert-OH is 2. The van der Waals surface area contributed by atoms with Gasteiger partial charge in [-0.25, -0.2) is 17.6 Å². The number of carbonyl (C=O) groups excluding carboxylic acids is 2. The third-order valence-electron chi connectivity index (χ3n) is 9.24. The minimum absolute atomic E-state index is 0.00797. The van der Waals surface area contributed by atoms with E-state index in [2.05, 4.69) is 26.1 Å². The average Bonchev–Trinajstić information content (AvgIpc) is 3.98. The molecule has 0 radical (unpaired) electrons. The van der Waals surface area contributed by atoms with Crippen molar-refractivity contribution < 1.29 is 46.5 Å². The lowest BCUT2D eigenvalue weighted by Crippen LogP contribution is -2.45. The van der Waals surface area contributed by atoms with Crippen LogP contribution in [0.15, 0.2) is 65.1 Å². The predicted octanol–water partition coefficient (Wildman–Crippen LogP) is 8.14. The summed E-state index contributed by atoms with van der Waals surface area (Å²) in [6.07, 6.45) is 0.468. The van der Waals surface area contributed by atoms with Crippen LogP contribution in [0, 0.1) is 59.8 Å². The Bertz CT molecular complexity index is 2460. The Morgan fingerprint density at radius 3 is 1.82 bits per heavy atom. The van der Waals surface area contributed by atoms with Gasteiger partial charge in [-0.15, -0.1) is 10.2 Å². The molecule has 4 aromatic carbocycles. The molecule has 62 heavy (non-hydrogen) atoms. The van der Waals surface area contributed by atoms with Gasteiger partial charge in [0.2, 0.25) is 5.89 Å². The van der Waals surface area contributed by atoms with Crippen LogP contribution in [0.5, 0.6) is 0 Å². The van der Waals surface area contributed by atoms with Crippen LogP contribution < -0.4 is 16.0 Å². The zero-order valence-electron chi connectivity index (χ0n) is 33.7. The van der Waals surface area contributed by atoms with Crippen LogP contribution in [0.2, 0.25) is 10.0 Å². The van der Waals surface area contributed by atoms with Crippen LogP contribution in [-0.4, -0.2) is 70.1 Å². The number of ketones is 1. The molecule has 0 unspecified atom stereocenters. The monoisotopic (exact) mass is 897 g/mol. The van der Waals surface area contributed by atoms with E-state index in [1.807, 2.05) is 12.1 Å². The number of nitrogens with one attached hydrogen (secondary N) is 3. The lowest BCUT2D eigenvalue weighted by atomic mass is 10.0. The minimum atomic E-state index is -1.13. The Kier molecular flexibility index (Phi) is 17.8. The summed E-state index contributed by atoms with van der Waals surface area (Å²) in [4.78, 5) is 24.6. The summed E-state index contributed by atoms with van der Waals surface area (Å²) in [5.74, 6) is -5.05. The van der Waals surface area contributed by atoms with E-state index in [-0.39, 0.29) is 33.0 Å². The fraction of sp³-hybridized carbons (Fsp3) is 0.302. The van der Waals surface area contributed by atoms with E-state index >= 15 is 0 Å². The molecular formula is C43H41Cl2F4N7O6. The molecule has 1 saturated heterocycles. The highest BCUT2D eigenvalue weighted by atomic mass is 35.5. The summed E-state index contributed by atoms with van der Waals surface area (Å²) in [5.41, 5.74) is 2.25. The molecule has 19 heteroatoms. The average molecular weight is 899 g/mol. The summed E-state index contributed by atoms with van der Waals surface area (Å²) in [6.45, 7) is 7.77. The highest BCUT2D eigenvalue weighted by Crippen LogP contribution is 2.32. The number of Topliss-reactive ketones (excluding diaryl/α,β-unsaturated/α-hetero) is 1. The van der Waals surface area contributed by atoms with Crippen LogP contribution in [0.4, 0.5) is 28.9 Å². The van der Waals surface area contributed by atoms with E-state index in [0.717, 1.165) is 31.4 Å². The third kappa shape index (κ3) is 12.7. The van der Waals surface area contributed by atoms with Crippen molar-refractivity contribution >= 4 is 46.3 Å². The standard InChI is InChI=1S/C20H18ClF2N3O3.C19H15ClF2N4O2.C4H8O/c1-10-16(6-3-12(8-24)18(10)21)26-19(11(2)27)17(28)9-25-20(29)14-5-4-13(22)7-15(14)23;1-9-15(6-3-11(8-23)16(9)20)24-17(10(2)27)19-26-25-18(28-19)13-5-4-12(21)7-14(13)22;1-2-4-5-3-1/h3-7,11,19,26-27H,9H2,1-2H3,(H,25,29);3-7,10,17,24,27H,1-2H3;1-4H2/t11-,19-;10-,17-;/m11./s1. The van der Waals surface area contributed by atoms with E-state index < -0.39 is 71.4 Å². The van der Waals surface area contributed by atoms with Gasteiger partial charge < -0.3 is 35.3 Å². The zero-order valence-corrected chi connectivity index (χ0v) is 35.2. The number of carbonyl (C=O) groups is 2. The van der Waals surface area contributed by atoms with Crippen molar-refractivity contribution in [2.75, 3.05) is 30.4 Å². The fourth-order valence-corrected chi connectivity index (χ4v) is 6.15. The molecule has 5 N–H and O–H groups in total. The van der Waals surface area contributed by atoms with E-state index in [0.29, 0.717) is 40.2 Å². The molecule has 4 atom stereocenters. The number of nitriles is 2. The van der Waals surface area contributed by atoms with Crippen molar-refractivity contribution in [3.8, 4) is 23.6 Å². The van der Waals surface area contributed by atoms with Gasteiger partial charge in [0.05, 0.1) is 51.1 Å². The number of nitrogens with zero attached hydrogens (tertiary/aromatic N) is 4. The van der Waals surface area contributed by atoms with Crippen molar-refractivity contribution in [3.63, 3.8) is 0 Å². The summed E-state index contributed by atoms with van der Waals surface area (Å²) in [5, 5.41) is 54.5. The van der Waals surface area contributed by atoms with Crippen LogP contribution in [-0.2, 0) is 9.53 Å². The van der Waals surface area contributed by atoms with Gasteiger partial charge in [0, 0.05) is 36.7 Å². The number of aliphatic hydroxyl groups is 2. The number of amides is 1. The number of aromatic nitrogens is 2. The van der Waals surface area contributed by atoms with Crippen LogP contribution in [0.25, 0.3) is 11.5 Å². The van der Waals surface area contributed by atoms with E-state index in [1.165, 1.54) is 38.8 Å². The molecule has 6 rings (SSSR count). The lowest BCUT2D eigenvalue weighted by molar-refractivity contribution is -0.120. The Morgan fingerprint density at radius 1 is 0.790 bits per heavy atom. The first-order chi connectivity index (χ1) is 29.5. The molecule has 1 aromatic heterocycles.